The number of methoxy groups -OCH3 is 3. The van der Waals surface area contributed by atoms with Crippen molar-refractivity contribution < 1.29 is 33.3 Å². The van der Waals surface area contributed by atoms with Gasteiger partial charge in [0.15, 0.2) is 17.5 Å². The molecule has 0 bridgehead atoms. The summed E-state index contributed by atoms with van der Waals surface area (Å²) in [6, 6.07) is 1.55. The molecule has 170 valence electrons. The number of ether oxygens (including phenoxy) is 5. The van der Waals surface area contributed by atoms with Gasteiger partial charge in [0.1, 0.15) is 5.60 Å². The molecule has 9 nitrogen and oxygen atoms in total. The van der Waals surface area contributed by atoms with Crippen LogP contribution in [0.25, 0.3) is 0 Å². The Morgan fingerprint density at radius 2 is 1.43 bits per heavy atom. The number of hydrogen-bond donors (Lipinski definition) is 2. The highest BCUT2D eigenvalue weighted by atomic mass is 16.6. The number of anilines is 1. The lowest BCUT2D eigenvalue weighted by atomic mass is 10.1. The maximum absolute atomic E-state index is 12.6. The molecule has 0 fully saturated rings. The highest BCUT2D eigenvalue weighted by molar-refractivity contribution is 5.93. The molecule has 0 radical (unpaired) electrons. The average Bonchev–Trinajstić information content (AvgIpc) is 2.61. The van der Waals surface area contributed by atoms with Crippen molar-refractivity contribution in [2.24, 2.45) is 0 Å². The molecule has 1 unspecified atom stereocenters. The van der Waals surface area contributed by atoms with E-state index in [4.69, 9.17) is 23.7 Å². The van der Waals surface area contributed by atoms with E-state index in [0.717, 1.165) is 0 Å². The molecule has 1 aromatic rings. The largest absolute Gasteiger partial charge is 0.493 e. The average molecular weight is 427 g/mol. The molecule has 0 aromatic heterocycles. The Kier molecular flexibility index (Phi) is 8.77. The van der Waals surface area contributed by atoms with Crippen LogP contribution in [0.15, 0.2) is 12.1 Å². The van der Waals surface area contributed by atoms with Crippen molar-refractivity contribution in [1.82, 2.24) is 5.32 Å². The predicted molar refractivity (Wildman–Crippen MR) is 114 cm³/mol. The molecule has 1 atom stereocenters. The summed E-state index contributed by atoms with van der Waals surface area (Å²) in [5.41, 5.74) is -0.803. The summed E-state index contributed by atoms with van der Waals surface area (Å²) in [5, 5.41) is 5.26. The van der Waals surface area contributed by atoms with Gasteiger partial charge >= 0.3 is 12.0 Å². The van der Waals surface area contributed by atoms with E-state index in [1.807, 2.05) is 20.8 Å². The molecule has 0 spiro atoms. The zero-order valence-electron chi connectivity index (χ0n) is 19.3. The maximum Gasteiger partial charge on any atom is 0.331 e. The lowest BCUT2D eigenvalue weighted by Crippen LogP contribution is -2.49. The second-order valence-electron chi connectivity index (χ2n) is 8.52. The topological polar surface area (TPSA) is 104 Å². The van der Waals surface area contributed by atoms with E-state index >= 15 is 0 Å². The van der Waals surface area contributed by atoms with Crippen LogP contribution in [0.2, 0.25) is 0 Å². The van der Waals surface area contributed by atoms with Crippen LogP contribution in [-0.4, -0.2) is 57.2 Å². The predicted octanol–water partition coefficient (Wildman–Crippen LogP) is 3.36. The van der Waals surface area contributed by atoms with Gasteiger partial charge in [0.05, 0.1) is 39.2 Å². The fraction of sp³-hybridized carbons (Fsp3) is 0.619. The Morgan fingerprint density at radius 1 is 0.900 bits per heavy atom. The third-order valence-electron chi connectivity index (χ3n) is 3.60. The normalized spacial score (nSPS) is 12.6. The molecule has 1 aromatic carbocycles. The van der Waals surface area contributed by atoms with E-state index in [-0.39, 0.29) is 6.61 Å². The van der Waals surface area contributed by atoms with E-state index in [1.54, 1.807) is 32.9 Å². The summed E-state index contributed by atoms with van der Waals surface area (Å²) in [6.07, 6.45) is 0. The van der Waals surface area contributed by atoms with Crippen LogP contribution in [0.5, 0.6) is 17.2 Å². The number of amides is 2. The van der Waals surface area contributed by atoms with Crippen LogP contribution < -0.4 is 24.8 Å². The Morgan fingerprint density at radius 3 is 1.83 bits per heavy atom. The molecule has 0 aliphatic rings. The first-order valence-corrected chi connectivity index (χ1v) is 9.54. The highest BCUT2D eigenvalue weighted by Crippen LogP contribution is 2.39. The first-order chi connectivity index (χ1) is 13.8. The van der Waals surface area contributed by atoms with Crippen LogP contribution in [0.1, 0.15) is 41.5 Å². The van der Waals surface area contributed by atoms with Gasteiger partial charge in [-0.15, -0.1) is 0 Å². The maximum atomic E-state index is 12.6. The van der Waals surface area contributed by atoms with E-state index in [0.29, 0.717) is 22.9 Å². The number of esters is 1. The molecule has 30 heavy (non-hydrogen) atoms. The van der Waals surface area contributed by atoms with Gasteiger partial charge in [0.2, 0.25) is 5.75 Å². The number of nitrogens with one attached hydrogen (secondary N) is 2. The molecule has 9 heteroatoms. The molecule has 0 saturated heterocycles. The number of urea groups is 1. The zero-order valence-corrected chi connectivity index (χ0v) is 19.3. The quantitative estimate of drug-likeness (QED) is 0.614. The van der Waals surface area contributed by atoms with Crippen molar-refractivity contribution in [3.8, 4) is 17.2 Å². The molecule has 0 aliphatic heterocycles. The van der Waals surface area contributed by atoms with Crippen molar-refractivity contribution in [3.63, 3.8) is 0 Å². The number of hydrogen-bond acceptors (Lipinski definition) is 7. The zero-order chi connectivity index (χ0) is 23.1. The molecule has 2 amide bonds. The molecule has 0 heterocycles. The van der Waals surface area contributed by atoms with Crippen LogP contribution in [0, 0.1) is 0 Å². The fourth-order valence-electron chi connectivity index (χ4n) is 2.35. The van der Waals surface area contributed by atoms with Crippen LogP contribution in [-0.2, 0) is 14.3 Å². The van der Waals surface area contributed by atoms with Gasteiger partial charge in [-0.25, -0.2) is 9.59 Å². The van der Waals surface area contributed by atoms with Crippen molar-refractivity contribution >= 4 is 17.7 Å². The van der Waals surface area contributed by atoms with Crippen LogP contribution in [0.3, 0.4) is 0 Å². The summed E-state index contributed by atoms with van der Waals surface area (Å²) in [6.45, 7) is 10.8. The standard InChI is InChI=1S/C21H34N2O7/c1-20(2,3)29-12-14(18(24)30-21(4,5)6)23-19(25)22-13-10-15(26-7)17(28-9)16(11-13)27-8/h10-11,14H,12H2,1-9H3,(H2,22,23,25). The van der Waals surface area contributed by atoms with Gasteiger partial charge in [-0.1, -0.05) is 0 Å². The number of carbonyl (C=O) groups is 2. The van der Waals surface area contributed by atoms with E-state index < -0.39 is 29.2 Å². The van der Waals surface area contributed by atoms with Gasteiger partial charge in [0, 0.05) is 12.1 Å². The highest BCUT2D eigenvalue weighted by Gasteiger charge is 2.29. The molecule has 0 saturated carbocycles. The van der Waals surface area contributed by atoms with E-state index in [1.165, 1.54) is 21.3 Å². The summed E-state index contributed by atoms with van der Waals surface area (Å²) in [5.74, 6) is 0.571. The molecule has 1 rings (SSSR count). The smallest absolute Gasteiger partial charge is 0.331 e. The monoisotopic (exact) mass is 426 g/mol. The third kappa shape index (κ3) is 8.36. The Bertz CT molecular complexity index is 711. The SMILES string of the molecule is COc1cc(NC(=O)NC(COC(C)(C)C)C(=O)OC(C)(C)C)cc(OC)c1OC. The van der Waals surface area contributed by atoms with Crippen molar-refractivity contribution in [1.29, 1.82) is 0 Å². The second-order valence-corrected chi connectivity index (χ2v) is 8.52. The number of benzene rings is 1. The van der Waals surface area contributed by atoms with Gasteiger partial charge in [0.25, 0.3) is 0 Å². The first kappa shape index (κ1) is 25.4. The van der Waals surface area contributed by atoms with Crippen LogP contribution >= 0.6 is 0 Å². The first-order valence-electron chi connectivity index (χ1n) is 9.54. The van der Waals surface area contributed by atoms with Gasteiger partial charge in [-0.2, -0.15) is 0 Å². The van der Waals surface area contributed by atoms with Crippen molar-refractivity contribution in [2.75, 3.05) is 33.3 Å². The number of carbonyl (C=O) groups excluding carboxylic acids is 2. The van der Waals surface area contributed by atoms with Crippen molar-refractivity contribution in [3.05, 3.63) is 12.1 Å². The minimum absolute atomic E-state index is 0.0406. The Balaban J connectivity index is 2.99. The summed E-state index contributed by atoms with van der Waals surface area (Å²) in [4.78, 5) is 25.1. The van der Waals surface area contributed by atoms with E-state index in [9.17, 15) is 9.59 Å². The summed E-state index contributed by atoms with van der Waals surface area (Å²) < 4.78 is 26.9. The Labute approximate surface area is 178 Å². The molecular formula is C21H34N2O7. The lowest BCUT2D eigenvalue weighted by Gasteiger charge is -2.27. The molecule has 0 aliphatic carbocycles. The molecule has 2 N–H and O–H groups in total. The minimum Gasteiger partial charge on any atom is -0.493 e. The summed E-state index contributed by atoms with van der Waals surface area (Å²) >= 11 is 0. The molecular weight excluding hydrogens is 392 g/mol. The van der Waals surface area contributed by atoms with Crippen molar-refractivity contribution in [2.45, 2.75) is 58.8 Å². The fourth-order valence-corrected chi connectivity index (χ4v) is 2.35. The lowest BCUT2D eigenvalue weighted by molar-refractivity contribution is -0.160. The van der Waals surface area contributed by atoms with Gasteiger partial charge in [-0.05, 0) is 41.5 Å². The second kappa shape index (κ2) is 10.4. The van der Waals surface area contributed by atoms with Crippen LogP contribution in [0.4, 0.5) is 10.5 Å². The van der Waals surface area contributed by atoms with E-state index in [2.05, 4.69) is 10.6 Å². The van der Waals surface area contributed by atoms with Gasteiger partial charge in [-0.3, -0.25) is 0 Å². The minimum atomic E-state index is -0.995. The summed E-state index contributed by atoms with van der Waals surface area (Å²) in [7, 11) is 4.44. The van der Waals surface area contributed by atoms with Gasteiger partial charge < -0.3 is 34.3 Å². The number of rotatable bonds is 8. The Hall–Kier alpha value is -2.68. The third-order valence-corrected chi connectivity index (χ3v) is 3.60.